The summed E-state index contributed by atoms with van der Waals surface area (Å²) in [6, 6.07) is 10.7. The van der Waals surface area contributed by atoms with Crippen molar-refractivity contribution in [2.75, 3.05) is 45.9 Å². The summed E-state index contributed by atoms with van der Waals surface area (Å²) in [4.78, 5) is 39.6. The number of benzene rings is 1. The molecule has 7 nitrogen and oxygen atoms in total. The summed E-state index contributed by atoms with van der Waals surface area (Å²) in [6.07, 6.45) is 0.928. The van der Waals surface area contributed by atoms with Crippen LogP contribution in [0.5, 0.6) is 0 Å². The van der Waals surface area contributed by atoms with E-state index in [0.29, 0.717) is 34.7 Å². The van der Waals surface area contributed by atoms with Crippen LogP contribution in [0, 0.1) is 0 Å². The molecule has 1 fully saturated rings. The third kappa shape index (κ3) is 6.30. The molecule has 30 heavy (non-hydrogen) atoms. The minimum atomic E-state index is -0.155. The molecule has 2 aromatic rings. The van der Waals surface area contributed by atoms with E-state index in [2.05, 4.69) is 10.2 Å². The number of carbonyl (C=O) groups is 3. The van der Waals surface area contributed by atoms with Crippen molar-refractivity contribution in [1.29, 1.82) is 0 Å². The molecule has 1 saturated heterocycles. The first-order chi connectivity index (χ1) is 14.6. The Kier molecular flexibility index (Phi) is 8.27. The average molecular weight is 430 g/mol. The highest BCUT2D eigenvalue weighted by atomic mass is 32.1. The second kappa shape index (κ2) is 11.1. The zero-order valence-electron chi connectivity index (χ0n) is 16.9. The van der Waals surface area contributed by atoms with Gasteiger partial charge in [-0.25, -0.2) is 0 Å². The molecule has 0 bridgehead atoms. The molecule has 1 aromatic heterocycles. The van der Waals surface area contributed by atoms with Crippen LogP contribution < -0.4 is 11.1 Å². The predicted octanol–water partition coefficient (Wildman–Crippen LogP) is 1.77. The number of aryl methyl sites for hydroxylation is 1. The molecule has 0 radical (unpaired) electrons. The SMILES string of the molecule is NCC(=O)c1ccc(C(=O)CCc2ccc(C(=O)NCCN3CCOCC3)cc2)s1. The fourth-order valence-electron chi connectivity index (χ4n) is 3.20. The van der Waals surface area contributed by atoms with E-state index >= 15 is 0 Å². The highest BCUT2D eigenvalue weighted by Crippen LogP contribution is 2.19. The topological polar surface area (TPSA) is 102 Å². The monoisotopic (exact) mass is 429 g/mol. The molecule has 8 heteroatoms. The van der Waals surface area contributed by atoms with Crippen molar-refractivity contribution < 1.29 is 19.1 Å². The molecule has 0 spiro atoms. The van der Waals surface area contributed by atoms with Gasteiger partial charge in [-0.15, -0.1) is 11.3 Å². The lowest BCUT2D eigenvalue weighted by Gasteiger charge is -2.26. The largest absolute Gasteiger partial charge is 0.379 e. The van der Waals surface area contributed by atoms with Crippen LogP contribution >= 0.6 is 11.3 Å². The first-order valence-corrected chi connectivity index (χ1v) is 10.9. The van der Waals surface area contributed by atoms with Crippen LogP contribution in [0.25, 0.3) is 0 Å². The molecule has 3 N–H and O–H groups in total. The number of hydrogen-bond donors (Lipinski definition) is 2. The molecule has 1 amide bonds. The summed E-state index contributed by atoms with van der Waals surface area (Å²) in [5.74, 6) is -0.250. The van der Waals surface area contributed by atoms with Crippen molar-refractivity contribution in [1.82, 2.24) is 10.2 Å². The zero-order chi connectivity index (χ0) is 21.3. The van der Waals surface area contributed by atoms with Gasteiger partial charge in [0.2, 0.25) is 0 Å². The first kappa shape index (κ1) is 22.3. The van der Waals surface area contributed by atoms with E-state index < -0.39 is 0 Å². The maximum Gasteiger partial charge on any atom is 0.251 e. The Labute approximate surface area is 180 Å². The number of rotatable bonds is 10. The molecular formula is C22H27N3O4S. The van der Waals surface area contributed by atoms with Crippen LogP contribution in [0.15, 0.2) is 36.4 Å². The maximum atomic E-state index is 12.4. The summed E-state index contributed by atoms with van der Waals surface area (Å²) in [7, 11) is 0. The van der Waals surface area contributed by atoms with Crippen molar-refractivity contribution in [2.45, 2.75) is 12.8 Å². The van der Waals surface area contributed by atoms with Gasteiger partial charge in [0.25, 0.3) is 5.91 Å². The summed E-state index contributed by atoms with van der Waals surface area (Å²) in [5, 5.41) is 2.94. The molecule has 0 aliphatic carbocycles. The van der Waals surface area contributed by atoms with Crippen LogP contribution in [0.1, 0.15) is 41.7 Å². The highest BCUT2D eigenvalue weighted by Gasteiger charge is 2.14. The molecule has 0 atom stereocenters. The van der Waals surface area contributed by atoms with Crippen LogP contribution in [0.2, 0.25) is 0 Å². The van der Waals surface area contributed by atoms with Gasteiger partial charge in [0, 0.05) is 38.2 Å². The maximum absolute atomic E-state index is 12.4. The second-order valence-corrected chi connectivity index (χ2v) is 8.20. The number of ketones is 2. The zero-order valence-corrected chi connectivity index (χ0v) is 17.7. The third-order valence-corrected chi connectivity index (χ3v) is 6.18. The van der Waals surface area contributed by atoms with Gasteiger partial charge in [-0.1, -0.05) is 12.1 Å². The fourth-order valence-corrected chi connectivity index (χ4v) is 4.12. The number of thiophene rings is 1. The Morgan fingerprint density at radius 2 is 1.67 bits per heavy atom. The van der Waals surface area contributed by atoms with E-state index in [1.54, 1.807) is 24.3 Å². The molecule has 0 saturated carbocycles. The van der Waals surface area contributed by atoms with Gasteiger partial charge < -0.3 is 15.8 Å². The lowest BCUT2D eigenvalue weighted by atomic mass is 10.0. The number of amides is 1. The standard InChI is InChI=1S/C22H27N3O4S/c23-15-19(27)21-8-7-20(30-21)18(26)6-3-16-1-4-17(5-2-16)22(28)24-9-10-25-11-13-29-14-12-25/h1-2,4-5,7-8H,3,6,9-15,23H2,(H,24,28). The van der Waals surface area contributed by atoms with E-state index in [-0.39, 0.29) is 24.0 Å². The third-order valence-electron chi connectivity index (χ3n) is 5.02. The van der Waals surface area contributed by atoms with E-state index in [9.17, 15) is 14.4 Å². The molecule has 2 heterocycles. The van der Waals surface area contributed by atoms with Crippen molar-refractivity contribution in [3.05, 3.63) is 57.3 Å². The molecule has 160 valence electrons. The molecule has 0 unspecified atom stereocenters. The lowest BCUT2D eigenvalue weighted by Crippen LogP contribution is -2.41. The van der Waals surface area contributed by atoms with Gasteiger partial charge in [0.1, 0.15) is 0 Å². The number of nitrogens with zero attached hydrogens (tertiary/aromatic N) is 1. The van der Waals surface area contributed by atoms with E-state index in [1.165, 1.54) is 11.3 Å². The van der Waals surface area contributed by atoms with Gasteiger partial charge in [-0.2, -0.15) is 0 Å². The summed E-state index contributed by atoms with van der Waals surface area (Å²) in [5.41, 5.74) is 6.95. The Hall–Kier alpha value is -2.39. The van der Waals surface area contributed by atoms with Crippen molar-refractivity contribution in [3.8, 4) is 0 Å². The Morgan fingerprint density at radius 1 is 1.00 bits per heavy atom. The minimum absolute atomic E-state index is 0.000929. The van der Waals surface area contributed by atoms with Crippen LogP contribution in [0.3, 0.4) is 0 Å². The quantitative estimate of drug-likeness (QED) is 0.558. The van der Waals surface area contributed by atoms with Crippen molar-refractivity contribution >= 4 is 28.8 Å². The number of nitrogens with two attached hydrogens (primary N) is 1. The van der Waals surface area contributed by atoms with E-state index in [1.807, 2.05) is 12.1 Å². The average Bonchev–Trinajstić information content (AvgIpc) is 3.28. The molecule has 1 aliphatic rings. The van der Waals surface area contributed by atoms with Gasteiger partial charge in [-0.3, -0.25) is 19.3 Å². The first-order valence-electron chi connectivity index (χ1n) is 10.1. The summed E-state index contributed by atoms with van der Waals surface area (Å²) >= 11 is 1.19. The van der Waals surface area contributed by atoms with Gasteiger partial charge in [-0.05, 0) is 36.2 Å². The number of nitrogens with one attached hydrogen (secondary N) is 1. The van der Waals surface area contributed by atoms with Gasteiger partial charge in [0.15, 0.2) is 11.6 Å². The normalized spacial score (nSPS) is 14.4. The Bertz CT molecular complexity index is 873. The van der Waals surface area contributed by atoms with E-state index in [4.69, 9.17) is 10.5 Å². The summed E-state index contributed by atoms with van der Waals surface area (Å²) < 4.78 is 5.31. The highest BCUT2D eigenvalue weighted by molar-refractivity contribution is 7.16. The van der Waals surface area contributed by atoms with Gasteiger partial charge >= 0.3 is 0 Å². The summed E-state index contributed by atoms with van der Waals surface area (Å²) in [6.45, 7) is 4.66. The van der Waals surface area contributed by atoms with Crippen molar-refractivity contribution in [3.63, 3.8) is 0 Å². The smallest absolute Gasteiger partial charge is 0.251 e. The van der Waals surface area contributed by atoms with Crippen LogP contribution in [-0.4, -0.2) is 68.3 Å². The predicted molar refractivity (Wildman–Crippen MR) is 116 cm³/mol. The lowest BCUT2D eigenvalue weighted by molar-refractivity contribution is 0.0383. The number of hydrogen-bond acceptors (Lipinski definition) is 7. The van der Waals surface area contributed by atoms with Crippen LogP contribution in [0.4, 0.5) is 0 Å². The molecule has 3 rings (SSSR count). The van der Waals surface area contributed by atoms with Crippen LogP contribution in [-0.2, 0) is 11.2 Å². The number of Topliss-reactive ketones (excluding diaryl/α,β-unsaturated/α-hetero) is 2. The van der Waals surface area contributed by atoms with Gasteiger partial charge in [0.05, 0.1) is 29.5 Å². The van der Waals surface area contributed by atoms with Crippen molar-refractivity contribution in [2.24, 2.45) is 5.73 Å². The Balaban J connectivity index is 1.43. The molecular weight excluding hydrogens is 402 g/mol. The van der Waals surface area contributed by atoms with E-state index in [0.717, 1.165) is 38.4 Å². The number of carbonyl (C=O) groups excluding carboxylic acids is 3. The molecule has 1 aromatic carbocycles. The fraction of sp³-hybridized carbons (Fsp3) is 0.409. The minimum Gasteiger partial charge on any atom is -0.379 e. The second-order valence-electron chi connectivity index (χ2n) is 7.12. The number of morpholine rings is 1. The Morgan fingerprint density at radius 3 is 2.33 bits per heavy atom. The number of ether oxygens (including phenoxy) is 1. The molecule has 1 aliphatic heterocycles.